The summed E-state index contributed by atoms with van der Waals surface area (Å²) in [4.78, 5) is 13.2. The average Bonchev–Trinajstić information content (AvgIpc) is 2.74. The first-order chi connectivity index (χ1) is 14.7. The Labute approximate surface area is 196 Å². The van der Waals surface area contributed by atoms with Crippen LogP contribution in [0.2, 0.25) is 10.0 Å². The van der Waals surface area contributed by atoms with Crippen molar-refractivity contribution in [2.45, 2.75) is 83.0 Å². The van der Waals surface area contributed by atoms with Gasteiger partial charge in [0.1, 0.15) is 5.60 Å². The van der Waals surface area contributed by atoms with Crippen molar-refractivity contribution in [3.63, 3.8) is 0 Å². The summed E-state index contributed by atoms with van der Waals surface area (Å²) in [5.74, 6) is 0.0218. The lowest BCUT2D eigenvalue weighted by molar-refractivity contribution is -0.152. The van der Waals surface area contributed by atoms with Crippen LogP contribution in [0.5, 0.6) is 0 Å². The number of amides is 1. The normalized spacial score (nSPS) is 17.2. The molecule has 168 valence electrons. The molecule has 1 aliphatic carbocycles. The van der Waals surface area contributed by atoms with Crippen molar-refractivity contribution in [2.24, 2.45) is 0 Å². The molecule has 0 aliphatic heterocycles. The molecule has 3 rings (SSSR count). The maximum absolute atomic E-state index is 13.2. The maximum Gasteiger partial charge on any atom is 0.251 e. The predicted octanol–water partition coefficient (Wildman–Crippen LogP) is 6.95. The van der Waals surface area contributed by atoms with Gasteiger partial charge in [-0.2, -0.15) is 0 Å². The summed E-state index contributed by atoms with van der Waals surface area (Å²) in [6.45, 7) is 5.81. The van der Waals surface area contributed by atoms with Crippen molar-refractivity contribution in [3.8, 4) is 0 Å². The van der Waals surface area contributed by atoms with Crippen LogP contribution >= 0.6 is 23.2 Å². The lowest BCUT2D eigenvalue weighted by Crippen LogP contribution is -2.50. The third-order valence-electron chi connectivity index (χ3n) is 6.19. The van der Waals surface area contributed by atoms with Crippen LogP contribution in [-0.4, -0.2) is 23.7 Å². The summed E-state index contributed by atoms with van der Waals surface area (Å²) in [6.07, 6.45) is 6.65. The fraction of sp³-hybridized carbons (Fsp3) is 0.500. The van der Waals surface area contributed by atoms with Gasteiger partial charge in [-0.15, -0.1) is 0 Å². The third kappa shape index (κ3) is 6.97. The molecule has 2 aromatic rings. The van der Waals surface area contributed by atoms with Crippen molar-refractivity contribution in [3.05, 3.63) is 69.7 Å². The van der Waals surface area contributed by atoms with E-state index in [1.54, 1.807) is 0 Å². The Kier molecular flexibility index (Phi) is 8.43. The van der Waals surface area contributed by atoms with Crippen LogP contribution in [0.15, 0.2) is 48.5 Å². The molecule has 0 heterocycles. The van der Waals surface area contributed by atoms with Gasteiger partial charge >= 0.3 is 0 Å². The standard InChI is InChI=1S/C26H33Cl2NO2/c1-18(29-25(30)26(2,3)31-23-7-5-4-6-8-23)24(20-11-15-22(28)16-12-20)17-19-9-13-21(27)14-10-19/h9-16,18,23-24H,4-8,17H2,1-3H3,(H,29,30). The van der Waals surface area contributed by atoms with E-state index in [-0.39, 0.29) is 24.0 Å². The zero-order valence-corrected chi connectivity index (χ0v) is 20.2. The summed E-state index contributed by atoms with van der Waals surface area (Å²) >= 11 is 12.2. The topological polar surface area (TPSA) is 38.3 Å². The Bertz CT molecular complexity index is 843. The summed E-state index contributed by atoms with van der Waals surface area (Å²) in [5, 5.41) is 4.65. The smallest absolute Gasteiger partial charge is 0.251 e. The molecule has 0 spiro atoms. The molecular weight excluding hydrogens is 429 g/mol. The lowest BCUT2D eigenvalue weighted by Gasteiger charge is -2.34. The highest BCUT2D eigenvalue weighted by Crippen LogP contribution is 2.29. The van der Waals surface area contributed by atoms with Crippen LogP contribution in [-0.2, 0) is 16.0 Å². The first-order valence-electron chi connectivity index (χ1n) is 11.2. The number of carbonyl (C=O) groups excluding carboxylic acids is 1. The van der Waals surface area contributed by atoms with Crippen LogP contribution in [0, 0.1) is 0 Å². The highest BCUT2D eigenvalue weighted by Gasteiger charge is 2.34. The summed E-state index contributed by atoms with van der Waals surface area (Å²) < 4.78 is 6.23. The Hall–Kier alpha value is -1.55. The molecule has 2 aromatic carbocycles. The van der Waals surface area contributed by atoms with Gasteiger partial charge in [0.15, 0.2) is 0 Å². The molecule has 0 radical (unpaired) electrons. The average molecular weight is 462 g/mol. The summed E-state index contributed by atoms with van der Waals surface area (Å²) in [7, 11) is 0. The minimum Gasteiger partial charge on any atom is -0.363 e. The van der Waals surface area contributed by atoms with E-state index in [4.69, 9.17) is 27.9 Å². The molecule has 0 bridgehead atoms. The Balaban J connectivity index is 1.73. The number of nitrogens with one attached hydrogen (secondary N) is 1. The fourth-order valence-corrected chi connectivity index (χ4v) is 4.55. The Morgan fingerprint density at radius 1 is 1.00 bits per heavy atom. The van der Waals surface area contributed by atoms with Crippen LogP contribution in [0.3, 0.4) is 0 Å². The van der Waals surface area contributed by atoms with Crippen LogP contribution < -0.4 is 5.32 Å². The van der Waals surface area contributed by atoms with Gasteiger partial charge in [0.2, 0.25) is 0 Å². The third-order valence-corrected chi connectivity index (χ3v) is 6.69. The maximum atomic E-state index is 13.2. The zero-order valence-electron chi connectivity index (χ0n) is 18.7. The SMILES string of the molecule is CC(NC(=O)C(C)(C)OC1CCCCC1)C(Cc1ccc(Cl)cc1)c1ccc(Cl)cc1. The highest BCUT2D eigenvalue weighted by molar-refractivity contribution is 6.30. The van der Waals surface area contributed by atoms with E-state index in [2.05, 4.69) is 12.2 Å². The second kappa shape index (κ2) is 10.8. The van der Waals surface area contributed by atoms with Gasteiger partial charge in [0.25, 0.3) is 5.91 Å². The Morgan fingerprint density at radius 3 is 2.13 bits per heavy atom. The van der Waals surface area contributed by atoms with E-state index >= 15 is 0 Å². The molecule has 3 nitrogen and oxygen atoms in total. The minimum atomic E-state index is -0.860. The first-order valence-corrected chi connectivity index (χ1v) is 12.0. The van der Waals surface area contributed by atoms with Gasteiger partial charge in [0, 0.05) is 22.0 Å². The van der Waals surface area contributed by atoms with E-state index in [1.165, 1.54) is 24.8 Å². The van der Waals surface area contributed by atoms with Gasteiger partial charge in [0.05, 0.1) is 6.10 Å². The molecule has 0 saturated heterocycles. The van der Waals surface area contributed by atoms with Crippen molar-refractivity contribution >= 4 is 29.1 Å². The second-order valence-corrected chi connectivity index (χ2v) is 10.0. The predicted molar refractivity (Wildman–Crippen MR) is 129 cm³/mol. The first kappa shape index (κ1) is 24.1. The van der Waals surface area contributed by atoms with Crippen LogP contribution in [0.1, 0.15) is 69.9 Å². The van der Waals surface area contributed by atoms with Crippen molar-refractivity contribution in [1.82, 2.24) is 5.32 Å². The van der Waals surface area contributed by atoms with Gasteiger partial charge < -0.3 is 10.1 Å². The van der Waals surface area contributed by atoms with Gasteiger partial charge in [-0.1, -0.05) is 66.7 Å². The highest BCUT2D eigenvalue weighted by atomic mass is 35.5. The molecule has 5 heteroatoms. The van der Waals surface area contributed by atoms with Gasteiger partial charge in [-0.3, -0.25) is 4.79 Å². The van der Waals surface area contributed by atoms with Gasteiger partial charge in [-0.25, -0.2) is 0 Å². The molecule has 1 N–H and O–H groups in total. The number of hydrogen-bond donors (Lipinski definition) is 1. The Morgan fingerprint density at radius 2 is 1.55 bits per heavy atom. The fourth-order valence-electron chi connectivity index (χ4n) is 4.30. The molecule has 1 amide bonds. The van der Waals surface area contributed by atoms with E-state index in [9.17, 15) is 4.79 Å². The minimum absolute atomic E-state index is 0.0688. The quantitative estimate of drug-likeness (QED) is 0.461. The molecule has 1 fully saturated rings. The van der Waals surface area contributed by atoms with Crippen LogP contribution in [0.4, 0.5) is 0 Å². The van der Waals surface area contributed by atoms with Gasteiger partial charge in [-0.05, 0) is 75.4 Å². The summed E-state index contributed by atoms with van der Waals surface area (Å²) in [6, 6.07) is 15.7. The van der Waals surface area contributed by atoms with Crippen molar-refractivity contribution in [1.29, 1.82) is 0 Å². The number of rotatable bonds is 8. The number of carbonyl (C=O) groups is 1. The zero-order chi connectivity index (χ0) is 22.4. The molecule has 2 unspecified atom stereocenters. The van der Waals surface area contributed by atoms with Crippen molar-refractivity contribution < 1.29 is 9.53 Å². The number of ether oxygens (including phenoxy) is 1. The lowest BCUT2D eigenvalue weighted by atomic mass is 9.86. The monoisotopic (exact) mass is 461 g/mol. The molecule has 1 aliphatic rings. The van der Waals surface area contributed by atoms with E-state index in [0.717, 1.165) is 29.8 Å². The molecular formula is C26H33Cl2NO2. The molecule has 1 saturated carbocycles. The largest absolute Gasteiger partial charge is 0.363 e. The summed E-state index contributed by atoms with van der Waals surface area (Å²) in [5.41, 5.74) is 1.45. The van der Waals surface area contributed by atoms with Crippen LogP contribution in [0.25, 0.3) is 0 Å². The number of benzene rings is 2. The van der Waals surface area contributed by atoms with E-state index in [0.29, 0.717) is 5.02 Å². The second-order valence-electron chi connectivity index (χ2n) is 9.14. The van der Waals surface area contributed by atoms with Crippen molar-refractivity contribution in [2.75, 3.05) is 0 Å². The number of halogens is 2. The molecule has 0 aromatic heterocycles. The number of hydrogen-bond acceptors (Lipinski definition) is 2. The van der Waals surface area contributed by atoms with E-state index < -0.39 is 5.60 Å². The van der Waals surface area contributed by atoms with E-state index in [1.807, 2.05) is 62.4 Å². The molecule has 2 atom stereocenters. The molecule has 31 heavy (non-hydrogen) atoms.